The average molecular weight is 361 g/mol. The van der Waals surface area contributed by atoms with Crippen LogP contribution in [0.25, 0.3) is 0 Å². The lowest BCUT2D eigenvalue weighted by Crippen LogP contribution is -2.44. The highest BCUT2D eigenvalue weighted by Crippen LogP contribution is 2.30. The molecule has 6 heteroatoms. The van der Waals surface area contributed by atoms with Crippen LogP contribution in [-0.4, -0.2) is 29.5 Å². The fourth-order valence-electron chi connectivity index (χ4n) is 2.28. The van der Waals surface area contributed by atoms with E-state index < -0.39 is 0 Å². The quantitative estimate of drug-likeness (QED) is 0.880. The minimum Gasteiger partial charge on any atom is -0.355 e. The van der Waals surface area contributed by atoms with Crippen molar-refractivity contribution in [3.8, 4) is 0 Å². The van der Waals surface area contributed by atoms with Gasteiger partial charge in [0.25, 0.3) is 0 Å². The van der Waals surface area contributed by atoms with E-state index in [0.717, 1.165) is 23.3 Å². The summed E-state index contributed by atoms with van der Waals surface area (Å²) in [4.78, 5) is 18.6. The lowest BCUT2D eigenvalue weighted by Gasteiger charge is -2.23. The van der Waals surface area contributed by atoms with E-state index in [1.165, 1.54) is 0 Å². The SMILES string of the molecule is CC(C)(C)NC(=O)C1CCN(c2ncc(Cl)cc2Br)C1. The number of pyridine rings is 1. The Hall–Kier alpha value is -0.810. The van der Waals surface area contributed by atoms with Gasteiger partial charge in [-0.15, -0.1) is 0 Å². The molecule has 1 aliphatic heterocycles. The summed E-state index contributed by atoms with van der Waals surface area (Å²) in [5, 5.41) is 3.64. The Balaban J connectivity index is 2.03. The van der Waals surface area contributed by atoms with Crippen LogP contribution in [-0.2, 0) is 4.79 Å². The summed E-state index contributed by atoms with van der Waals surface area (Å²) in [6, 6.07) is 1.83. The molecule has 1 aromatic heterocycles. The number of rotatable bonds is 2. The molecule has 0 aromatic carbocycles. The van der Waals surface area contributed by atoms with E-state index in [4.69, 9.17) is 11.6 Å². The van der Waals surface area contributed by atoms with Crippen molar-refractivity contribution < 1.29 is 4.79 Å². The van der Waals surface area contributed by atoms with Crippen LogP contribution in [0, 0.1) is 5.92 Å². The van der Waals surface area contributed by atoms with Gasteiger partial charge in [-0.1, -0.05) is 11.6 Å². The van der Waals surface area contributed by atoms with E-state index in [9.17, 15) is 4.79 Å². The summed E-state index contributed by atoms with van der Waals surface area (Å²) < 4.78 is 0.863. The first-order chi connectivity index (χ1) is 9.26. The number of hydrogen-bond acceptors (Lipinski definition) is 3. The van der Waals surface area contributed by atoms with E-state index in [2.05, 4.69) is 31.1 Å². The average Bonchev–Trinajstić information content (AvgIpc) is 2.75. The number of halogens is 2. The van der Waals surface area contributed by atoms with E-state index in [1.54, 1.807) is 6.20 Å². The molecule has 1 amide bonds. The number of nitrogens with one attached hydrogen (secondary N) is 1. The maximum absolute atomic E-state index is 12.2. The maximum atomic E-state index is 12.2. The standard InChI is InChI=1S/C14H19BrClN3O/c1-14(2,3)18-13(20)9-4-5-19(8-9)12-11(15)6-10(16)7-17-12/h6-7,9H,4-5,8H2,1-3H3,(H,18,20). The predicted molar refractivity (Wildman–Crippen MR) is 85.2 cm³/mol. The topological polar surface area (TPSA) is 45.2 Å². The third-order valence-corrected chi connectivity index (χ3v) is 3.94. The third kappa shape index (κ3) is 3.85. The van der Waals surface area contributed by atoms with E-state index in [-0.39, 0.29) is 17.4 Å². The van der Waals surface area contributed by atoms with Crippen molar-refractivity contribution in [3.05, 3.63) is 21.8 Å². The van der Waals surface area contributed by atoms with Gasteiger partial charge in [0, 0.05) is 24.8 Å². The summed E-state index contributed by atoms with van der Waals surface area (Å²) in [6.45, 7) is 7.50. The number of anilines is 1. The second-order valence-corrected chi connectivity index (χ2v) is 7.42. The maximum Gasteiger partial charge on any atom is 0.225 e. The summed E-state index contributed by atoms with van der Waals surface area (Å²) in [5.74, 6) is 0.976. The molecule has 110 valence electrons. The molecule has 20 heavy (non-hydrogen) atoms. The van der Waals surface area contributed by atoms with E-state index >= 15 is 0 Å². The number of nitrogens with zero attached hydrogens (tertiary/aromatic N) is 2. The number of hydrogen-bond donors (Lipinski definition) is 1. The zero-order chi connectivity index (χ0) is 14.9. The first-order valence-electron chi connectivity index (χ1n) is 6.64. The predicted octanol–water partition coefficient (Wildman–Crippen LogP) is 3.24. The van der Waals surface area contributed by atoms with Gasteiger partial charge >= 0.3 is 0 Å². The number of carbonyl (C=O) groups is 1. The second-order valence-electron chi connectivity index (χ2n) is 6.13. The Morgan fingerprint density at radius 3 is 2.85 bits per heavy atom. The number of aromatic nitrogens is 1. The summed E-state index contributed by atoms with van der Waals surface area (Å²) in [7, 11) is 0. The summed E-state index contributed by atoms with van der Waals surface area (Å²) >= 11 is 9.37. The molecule has 0 saturated carbocycles. The fraction of sp³-hybridized carbons (Fsp3) is 0.571. The van der Waals surface area contributed by atoms with Gasteiger partial charge in [0.2, 0.25) is 5.91 Å². The normalized spacial score (nSPS) is 19.2. The summed E-state index contributed by atoms with van der Waals surface area (Å²) in [6.07, 6.45) is 2.48. The molecule has 2 rings (SSSR count). The van der Waals surface area contributed by atoms with Gasteiger partial charge in [-0.05, 0) is 49.2 Å². The molecule has 1 aliphatic rings. The van der Waals surface area contributed by atoms with Crippen LogP contribution < -0.4 is 10.2 Å². The molecule has 0 radical (unpaired) electrons. The third-order valence-electron chi connectivity index (χ3n) is 3.15. The summed E-state index contributed by atoms with van der Waals surface area (Å²) in [5.41, 5.74) is -0.191. The van der Waals surface area contributed by atoms with Crippen molar-refractivity contribution >= 4 is 39.3 Å². The zero-order valence-electron chi connectivity index (χ0n) is 11.9. The van der Waals surface area contributed by atoms with Crippen LogP contribution in [0.2, 0.25) is 5.02 Å². The highest BCUT2D eigenvalue weighted by Gasteiger charge is 2.31. The molecular weight excluding hydrogens is 342 g/mol. The van der Waals surface area contributed by atoms with Crippen LogP contribution in [0.3, 0.4) is 0 Å². The molecular formula is C14H19BrClN3O. The van der Waals surface area contributed by atoms with Crippen molar-refractivity contribution in [1.29, 1.82) is 0 Å². The Morgan fingerprint density at radius 1 is 1.55 bits per heavy atom. The molecule has 1 aromatic rings. The minimum atomic E-state index is -0.191. The Bertz CT molecular complexity index is 516. The van der Waals surface area contributed by atoms with Crippen molar-refractivity contribution in [3.63, 3.8) is 0 Å². The molecule has 0 aliphatic carbocycles. The first-order valence-corrected chi connectivity index (χ1v) is 7.81. The van der Waals surface area contributed by atoms with Crippen molar-refractivity contribution in [2.45, 2.75) is 32.7 Å². The van der Waals surface area contributed by atoms with Crippen LogP contribution in [0.5, 0.6) is 0 Å². The van der Waals surface area contributed by atoms with Crippen LogP contribution >= 0.6 is 27.5 Å². The molecule has 1 fully saturated rings. The highest BCUT2D eigenvalue weighted by atomic mass is 79.9. The van der Waals surface area contributed by atoms with Gasteiger partial charge in [0.05, 0.1) is 15.4 Å². The Kier molecular flexibility index (Phi) is 4.59. The first kappa shape index (κ1) is 15.6. The van der Waals surface area contributed by atoms with Gasteiger partial charge in [-0.3, -0.25) is 4.79 Å². The van der Waals surface area contributed by atoms with Gasteiger partial charge < -0.3 is 10.2 Å². The molecule has 0 spiro atoms. The van der Waals surface area contributed by atoms with E-state index in [1.807, 2.05) is 26.8 Å². The van der Waals surface area contributed by atoms with Crippen molar-refractivity contribution in [2.75, 3.05) is 18.0 Å². The van der Waals surface area contributed by atoms with Crippen LogP contribution in [0.1, 0.15) is 27.2 Å². The largest absolute Gasteiger partial charge is 0.355 e. The Morgan fingerprint density at radius 2 is 2.25 bits per heavy atom. The van der Waals surface area contributed by atoms with Crippen LogP contribution in [0.15, 0.2) is 16.7 Å². The number of carbonyl (C=O) groups excluding carboxylic acids is 1. The van der Waals surface area contributed by atoms with Crippen molar-refractivity contribution in [2.24, 2.45) is 5.92 Å². The monoisotopic (exact) mass is 359 g/mol. The fourth-order valence-corrected chi connectivity index (χ4v) is 3.17. The van der Waals surface area contributed by atoms with E-state index in [0.29, 0.717) is 11.6 Å². The van der Waals surface area contributed by atoms with Gasteiger partial charge in [0.15, 0.2) is 0 Å². The van der Waals surface area contributed by atoms with Gasteiger partial charge in [-0.2, -0.15) is 0 Å². The van der Waals surface area contributed by atoms with Gasteiger partial charge in [-0.25, -0.2) is 4.98 Å². The molecule has 1 unspecified atom stereocenters. The molecule has 0 bridgehead atoms. The second kappa shape index (κ2) is 5.90. The molecule has 4 nitrogen and oxygen atoms in total. The lowest BCUT2D eigenvalue weighted by molar-refractivity contribution is -0.125. The Labute approximate surface area is 133 Å². The van der Waals surface area contributed by atoms with Crippen LogP contribution in [0.4, 0.5) is 5.82 Å². The molecule has 1 atom stereocenters. The number of amides is 1. The smallest absolute Gasteiger partial charge is 0.225 e. The van der Waals surface area contributed by atoms with Gasteiger partial charge in [0.1, 0.15) is 5.82 Å². The molecule has 1 N–H and O–H groups in total. The molecule has 1 saturated heterocycles. The minimum absolute atomic E-state index is 0.0126. The molecule has 2 heterocycles. The zero-order valence-corrected chi connectivity index (χ0v) is 14.3. The highest BCUT2D eigenvalue weighted by molar-refractivity contribution is 9.10. The van der Waals surface area contributed by atoms with Crippen molar-refractivity contribution in [1.82, 2.24) is 10.3 Å². The lowest BCUT2D eigenvalue weighted by atomic mass is 10.0.